The van der Waals surface area contributed by atoms with Crippen LogP contribution in [0.2, 0.25) is 0 Å². The molecule has 4 atom stereocenters. The summed E-state index contributed by atoms with van der Waals surface area (Å²) in [4.78, 5) is 28.5. The second-order valence-electron chi connectivity index (χ2n) is 9.50. The number of carbonyl (C=O) groups is 2. The summed E-state index contributed by atoms with van der Waals surface area (Å²) < 4.78 is 74.0. The first kappa shape index (κ1) is 26.6. The smallest absolute Gasteiger partial charge is 0.417 e. The fraction of sp³-hybridized carbons (Fsp3) is 0.480. The van der Waals surface area contributed by atoms with Crippen molar-refractivity contribution in [1.29, 1.82) is 0 Å². The van der Waals surface area contributed by atoms with Gasteiger partial charge in [-0.3, -0.25) is 14.6 Å². The Bertz CT molecular complexity index is 1200. The van der Waals surface area contributed by atoms with Crippen molar-refractivity contribution in [3.05, 3.63) is 47.5 Å². The molecule has 12 heteroatoms. The molecule has 1 saturated heterocycles. The number of anilines is 1. The lowest BCUT2D eigenvalue weighted by Crippen LogP contribution is -2.47. The first-order valence-corrected chi connectivity index (χ1v) is 11.7. The number of primary amides is 1. The summed E-state index contributed by atoms with van der Waals surface area (Å²) in [7, 11) is 1.19. The Balaban J connectivity index is 1.72. The summed E-state index contributed by atoms with van der Waals surface area (Å²) in [5.41, 5.74) is 2.45. The molecule has 8 nitrogen and oxygen atoms in total. The third kappa shape index (κ3) is 5.07. The molecule has 1 aromatic heterocycles. The van der Waals surface area contributed by atoms with Crippen molar-refractivity contribution in [3.63, 3.8) is 0 Å². The highest BCUT2D eigenvalue weighted by molar-refractivity contribution is 5.97. The van der Waals surface area contributed by atoms with Crippen molar-refractivity contribution in [3.8, 4) is 11.5 Å². The molecular weight excluding hydrogens is 498 g/mol. The molecule has 0 radical (unpaired) electrons. The third-order valence-electron chi connectivity index (χ3n) is 7.03. The molecule has 2 amide bonds. The van der Waals surface area contributed by atoms with Crippen LogP contribution in [-0.4, -0.2) is 48.4 Å². The van der Waals surface area contributed by atoms with E-state index in [1.807, 2.05) is 0 Å². The van der Waals surface area contributed by atoms with Crippen molar-refractivity contribution in [2.75, 3.05) is 19.0 Å². The third-order valence-corrected chi connectivity index (χ3v) is 7.03. The number of hydrogen-bond donors (Lipinski definition) is 2. The number of amides is 2. The maximum absolute atomic E-state index is 15.3. The Hall–Kier alpha value is -3.41. The van der Waals surface area contributed by atoms with Crippen LogP contribution in [0.4, 0.5) is 23.2 Å². The zero-order chi connectivity index (χ0) is 27.1. The maximum Gasteiger partial charge on any atom is 0.417 e. The molecule has 2 aliphatic rings. The van der Waals surface area contributed by atoms with Gasteiger partial charge in [-0.1, -0.05) is 13.0 Å². The van der Waals surface area contributed by atoms with E-state index in [1.54, 1.807) is 0 Å². The van der Waals surface area contributed by atoms with E-state index in [0.29, 0.717) is 12.5 Å². The monoisotopic (exact) mass is 525 g/mol. The first-order chi connectivity index (χ1) is 17.4. The molecule has 1 aromatic carbocycles. The molecule has 1 aliphatic carbocycles. The second kappa shape index (κ2) is 9.81. The van der Waals surface area contributed by atoms with Crippen LogP contribution in [0.3, 0.4) is 0 Å². The standard InChI is InChI=1S/C25H27F4N3O5/c1-12-18(15-6-7-17(19(26)20(15)35-3)36-11-13-4-5-13)21(37-24(12,2)25(27,28)29)23(34)32-14-8-9-31-16(10-14)22(30)33/h6-10,12-13,18,21H,4-5,11H2,1-3H3,(H2,30,33)(H,31,32,34)/t12-,18-,21+,24+/m0/s1. The number of ether oxygens (including phenoxy) is 3. The molecule has 1 aliphatic heterocycles. The van der Waals surface area contributed by atoms with E-state index in [-0.39, 0.29) is 28.4 Å². The van der Waals surface area contributed by atoms with E-state index >= 15 is 4.39 Å². The second-order valence-corrected chi connectivity index (χ2v) is 9.50. The molecule has 2 fully saturated rings. The molecule has 2 heterocycles. The predicted molar refractivity (Wildman–Crippen MR) is 124 cm³/mol. The Morgan fingerprint density at radius 3 is 2.57 bits per heavy atom. The molecule has 0 unspecified atom stereocenters. The Morgan fingerprint density at radius 1 is 1.27 bits per heavy atom. The van der Waals surface area contributed by atoms with Crippen LogP contribution in [0.5, 0.6) is 11.5 Å². The van der Waals surface area contributed by atoms with E-state index in [2.05, 4.69) is 10.3 Å². The van der Waals surface area contributed by atoms with Gasteiger partial charge in [-0.2, -0.15) is 17.6 Å². The highest BCUT2D eigenvalue weighted by Crippen LogP contribution is 2.55. The topological polar surface area (TPSA) is 113 Å². The molecule has 4 rings (SSSR count). The van der Waals surface area contributed by atoms with Crippen LogP contribution in [0, 0.1) is 17.7 Å². The summed E-state index contributed by atoms with van der Waals surface area (Å²) in [5, 5.41) is 2.45. The van der Waals surface area contributed by atoms with Gasteiger partial charge in [0, 0.05) is 29.3 Å². The lowest BCUT2D eigenvalue weighted by Gasteiger charge is -2.32. The average molecular weight is 525 g/mol. The molecule has 3 N–H and O–H groups in total. The number of carbonyl (C=O) groups excluding carboxylic acids is 2. The number of methoxy groups -OCH3 is 1. The number of aromatic nitrogens is 1. The van der Waals surface area contributed by atoms with Crippen LogP contribution in [0.1, 0.15) is 48.7 Å². The van der Waals surface area contributed by atoms with Gasteiger partial charge in [0.15, 0.2) is 17.1 Å². The summed E-state index contributed by atoms with van der Waals surface area (Å²) in [5.74, 6) is -5.27. The molecule has 37 heavy (non-hydrogen) atoms. The summed E-state index contributed by atoms with van der Waals surface area (Å²) in [6, 6.07) is 5.24. The van der Waals surface area contributed by atoms with Gasteiger partial charge in [0.25, 0.3) is 11.8 Å². The average Bonchev–Trinajstić information content (AvgIpc) is 3.62. The number of nitrogens with two attached hydrogens (primary N) is 1. The quantitative estimate of drug-likeness (QED) is 0.500. The van der Waals surface area contributed by atoms with Crippen molar-refractivity contribution in [1.82, 2.24) is 4.98 Å². The fourth-order valence-electron chi connectivity index (χ4n) is 4.51. The number of nitrogens with zero attached hydrogens (tertiary/aromatic N) is 1. The number of alkyl halides is 3. The van der Waals surface area contributed by atoms with Gasteiger partial charge in [0.2, 0.25) is 5.82 Å². The highest BCUT2D eigenvalue weighted by Gasteiger charge is 2.66. The SMILES string of the molecule is COc1c([C@H]2[C@H](C(=O)Nc3ccnc(C(N)=O)c3)O[C@@](C)(C(F)(F)F)[C@H]2C)ccc(OCC2CC2)c1F. The molecule has 1 saturated carbocycles. The minimum atomic E-state index is -4.84. The largest absolute Gasteiger partial charge is 0.493 e. The minimum absolute atomic E-state index is 0.0342. The number of nitrogens with one attached hydrogen (secondary N) is 1. The van der Waals surface area contributed by atoms with Gasteiger partial charge in [0.05, 0.1) is 13.7 Å². The Morgan fingerprint density at radius 2 is 1.97 bits per heavy atom. The van der Waals surface area contributed by atoms with Gasteiger partial charge in [0.1, 0.15) is 11.8 Å². The predicted octanol–water partition coefficient (Wildman–Crippen LogP) is 4.20. The zero-order valence-electron chi connectivity index (χ0n) is 20.4. The molecular formula is C25H27F4N3O5. The summed E-state index contributed by atoms with van der Waals surface area (Å²) in [6.45, 7) is 2.46. The van der Waals surface area contributed by atoms with E-state index in [4.69, 9.17) is 19.9 Å². The fourth-order valence-corrected chi connectivity index (χ4v) is 4.51. The van der Waals surface area contributed by atoms with Crippen molar-refractivity contribution in [2.45, 2.75) is 50.5 Å². The van der Waals surface area contributed by atoms with Crippen LogP contribution >= 0.6 is 0 Å². The summed E-state index contributed by atoms with van der Waals surface area (Å²) >= 11 is 0. The van der Waals surface area contributed by atoms with E-state index in [0.717, 1.165) is 19.8 Å². The number of pyridine rings is 1. The number of benzene rings is 1. The molecule has 2 aromatic rings. The molecule has 0 bridgehead atoms. The van der Waals surface area contributed by atoms with Crippen LogP contribution in [0.25, 0.3) is 0 Å². The number of halogens is 4. The Labute approximate surface area is 210 Å². The van der Waals surface area contributed by atoms with Crippen molar-refractivity contribution >= 4 is 17.5 Å². The molecule has 0 spiro atoms. The number of hydrogen-bond acceptors (Lipinski definition) is 6. The van der Waals surface area contributed by atoms with Gasteiger partial charge in [-0.25, -0.2) is 0 Å². The molecule has 200 valence electrons. The van der Waals surface area contributed by atoms with E-state index < -0.39 is 47.3 Å². The van der Waals surface area contributed by atoms with Gasteiger partial charge >= 0.3 is 6.18 Å². The first-order valence-electron chi connectivity index (χ1n) is 11.7. The van der Waals surface area contributed by atoms with Crippen LogP contribution in [0.15, 0.2) is 30.5 Å². The zero-order valence-corrected chi connectivity index (χ0v) is 20.4. The van der Waals surface area contributed by atoms with E-state index in [1.165, 1.54) is 44.5 Å². The van der Waals surface area contributed by atoms with Gasteiger partial charge in [-0.15, -0.1) is 0 Å². The number of rotatable bonds is 8. The van der Waals surface area contributed by atoms with Gasteiger partial charge < -0.3 is 25.3 Å². The summed E-state index contributed by atoms with van der Waals surface area (Å²) in [6.07, 6.45) is -3.34. The minimum Gasteiger partial charge on any atom is -0.493 e. The normalized spacial score (nSPS) is 25.5. The Kier molecular flexibility index (Phi) is 7.06. The maximum atomic E-state index is 15.3. The van der Waals surface area contributed by atoms with Crippen molar-refractivity contribution in [2.24, 2.45) is 17.6 Å². The van der Waals surface area contributed by atoms with Crippen LogP contribution < -0.4 is 20.5 Å². The van der Waals surface area contributed by atoms with Crippen molar-refractivity contribution < 1.29 is 41.4 Å². The van der Waals surface area contributed by atoms with E-state index in [9.17, 15) is 22.8 Å². The van der Waals surface area contributed by atoms with Crippen LogP contribution in [-0.2, 0) is 9.53 Å². The highest BCUT2D eigenvalue weighted by atomic mass is 19.4. The lowest BCUT2D eigenvalue weighted by molar-refractivity contribution is -0.272. The van der Waals surface area contributed by atoms with Gasteiger partial charge in [-0.05, 0) is 43.9 Å². The lowest BCUT2D eigenvalue weighted by atomic mass is 9.77.